The van der Waals surface area contributed by atoms with E-state index in [2.05, 4.69) is 0 Å². The van der Waals surface area contributed by atoms with E-state index in [1.807, 2.05) is 32.0 Å². The van der Waals surface area contributed by atoms with Crippen LogP contribution in [0.15, 0.2) is 18.2 Å². The molecule has 15 heavy (non-hydrogen) atoms. The third-order valence-electron chi connectivity index (χ3n) is 2.99. The predicted molar refractivity (Wildman–Crippen MR) is 61.0 cm³/mol. The number of primary amides is 1. The first kappa shape index (κ1) is 10.0. The van der Waals surface area contributed by atoms with E-state index in [0.29, 0.717) is 6.04 Å². The first-order valence-corrected chi connectivity index (χ1v) is 5.26. The van der Waals surface area contributed by atoms with Crippen LogP contribution in [0.1, 0.15) is 24.0 Å². The molecule has 0 heterocycles. The summed E-state index contributed by atoms with van der Waals surface area (Å²) in [7, 11) is 0. The van der Waals surface area contributed by atoms with Crippen LogP contribution in [0, 0.1) is 13.8 Å². The first-order chi connectivity index (χ1) is 7.11. The molecular formula is C12H16N2O. The summed E-state index contributed by atoms with van der Waals surface area (Å²) in [6.07, 6.45) is 2.13. The highest BCUT2D eigenvalue weighted by Crippen LogP contribution is 2.33. The van der Waals surface area contributed by atoms with Crippen LogP contribution in [0.3, 0.4) is 0 Å². The first-order valence-electron chi connectivity index (χ1n) is 5.26. The number of carbonyl (C=O) groups excluding carboxylic acids is 1. The number of rotatable bonds is 2. The minimum atomic E-state index is -0.341. The maximum atomic E-state index is 11.4. The van der Waals surface area contributed by atoms with Crippen LogP contribution in [0.5, 0.6) is 0 Å². The van der Waals surface area contributed by atoms with Crippen LogP contribution in [-0.4, -0.2) is 12.1 Å². The van der Waals surface area contributed by atoms with Gasteiger partial charge in [-0.3, -0.25) is 4.90 Å². The number of anilines is 1. The van der Waals surface area contributed by atoms with Crippen LogP contribution in [0.4, 0.5) is 10.5 Å². The van der Waals surface area contributed by atoms with E-state index in [4.69, 9.17) is 5.73 Å². The monoisotopic (exact) mass is 204 g/mol. The Balaban J connectivity index is 2.41. The Morgan fingerprint density at radius 2 is 2.07 bits per heavy atom. The molecule has 0 aliphatic heterocycles. The van der Waals surface area contributed by atoms with Crippen LogP contribution in [0.25, 0.3) is 0 Å². The zero-order chi connectivity index (χ0) is 11.0. The Bertz CT molecular complexity index is 397. The Kier molecular flexibility index (Phi) is 2.39. The Morgan fingerprint density at radius 1 is 1.40 bits per heavy atom. The molecule has 0 radical (unpaired) electrons. The number of nitrogens with two attached hydrogens (primary N) is 1. The van der Waals surface area contributed by atoms with E-state index in [0.717, 1.165) is 24.1 Å². The largest absolute Gasteiger partial charge is 0.351 e. The van der Waals surface area contributed by atoms with Gasteiger partial charge in [-0.2, -0.15) is 0 Å². The molecule has 1 saturated carbocycles. The molecule has 1 aromatic carbocycles. The van der Waals surface area contributed by atoms with E-state index in [9.17, 15) is 4.79 Å². The van der Waals surface area contributed by atoms with E-state index >= 15 is 0 Å². The summed E-state index contributed by atoms with van der Waals surface area (Å²) in [5.74, 6) is 0. The second kappa shape index (κ2) is 3.57. The van der Waals surface area contributed by atoms with Gasteiger partial charge in [-0.15, -0.1) is 0 Å². The molecule has 0 unspecified atom stereocenters. The van der Waals surface area contributed by atoms with Crippen molar-refractivity contribution < 1.29 is 4.79 Å². The fourth-order valence-electron chi connectivity index (χ4n) is 1.82. The molecule has 2 amide bonds. The smallest absolute Gasteiger partial charge is 0.319 e. The van der Waals surface area contributed by atoms with E-state index in [1.165, 1.54) is 5.56 Å². The van der Waals surface area contributed by atoms with Crippen molar-refractivity contribution in [3.63, 3.8) is 0 Å². The van der Waals surface area contributed by atoms with Gasteiger partial charge in [-0.25, -0.2) is 4.79 Å². The number of hydrogen-bond donors (Lipinski definition) is 1. The third-order valence-corrected chi connectivity index (χ3v) is 2.99. The number of urea groups is 1. The fraction of sp³-hybridized carbons (Fsp3) is 0.417. The van der Waals surface area contributed by atoms with Crippen molar-refractivity contribution in [1.82, 2.24) is 0 Å². The highest BCUT2D eigenvalue weighted by Gasteiger charge is 2.33. The Hall–Kier alpha value is -1.51. The van der Waals surface area contributed by atoms with Gasteiger partial charge in [0.1, 0.15) is 0 Å². The second-order valence-corrected chi connectivity index (χ2v) is 4.16. The van der Waals surface area contributed by atoms with Gasteiger partial charge in [0.05, 0.1) is 0 Å². The zero-order valence-electron chi connectivity index (χ0n) is 9.16. The van der Waals surface area contributed by atoms with Crippen molar-refractivity contribution in [2.75, 3.05) is 4.90 Å². The average molecular weight is 204 g/mol. The number of carbonyl (C=O) groups is 1. The van der Waals surface area contributed by atoms with Crippen molar-refractivity contribution in [3.05, 3.63) is 29.3 Å². The summed E-state index contributed by atoms with van der Waals surface area (Å²) in [6.45, 7) is 4.08. The molecule has 0 spiro atoms. The number of benzene rings is 1. The quantitative estimate of drug-likeness (QED) is 0.789. The fourth-order valence-corrected chi connectivity index (χ4v) is 1.82. The lowest BCUT2D eigenvalue weighted by Crippen LogP contribution is -2.38. The lowest BCUT2D eigenvalue weighted by Gasteiger charge is -2.22. The SMILES string of the molecule is Cc1cccc(N(C(N)=O)C2CC2)c1C. The summed E-state index contributed by atoms with van der Waals surface area (Å²) >= 11 is 0. The molecule has 2 rings (SSSR count). The molecule has 1 aliphatic rings. The molecule has 2 N–H and O–H groups in total. The van der Waals surface area contributed by atoms with Gasteiger partial charge in [0, 0.05) is 11.7 Å². The molecule has 0 atom stereocenters. The molecule has 0 aromatic heterocycles. The van der Waals surface area contributed by atoms with E-state index in [1.54, 1.807) is 4.90 Å². The van der Waals surface area contributed by atoms with Gasteiger partial charge >= 0.3 is 6.03 Å². The molecule has 1 aromatic rings. The van der Waals surface area contributed by atoms with Gasteiger partial charge in [0.15, 0.2) is 0 Å². The van der Waals surface area contributed by atoms with Gasteiger partial charge < -0.3 is 5.73 Å². The van der Waals surface area contributed by atoms with Crippen LogP contribution in [-0.2, 0) is 0 Å². The normalized spacial score (nSPS) is 15.1. The van der Waals surface area contributed by atoms with Crippen LogP contribution < -0.4 is 10.6 Å². The maximum Gasteiger partial charge on any atom is 0.319 e. The van der Waals surface area contributed by atoms with Gasteiger partial charge in [-0.1, -0.05) is 12.1 Å². The van der Waals surface area contributed by atoms with Crippen molar-refractivity contribution >= 4 is 11.7 Å². The highest BCUT2D eigenvalue weighted by atomic mass is 16.2. The summed E-state index contributed by atoms with van der Waals surface area (Å²) in [6, 6.07) is 5.96. The molecule has 0 saturated heterocycles. The summed E-state index contributed by atoms with van der Waals surface area (Å²) in [5.41, 5.74) is 8.71. The molecule has 1 aliphatic carbocycles. The summed E-state index contributed by atoms with van der Waals surface area (Å²) < 4.78 is 0. The van der Waals surface area contributed by atoms with E-state index < -0.39 is 0 Å². The summed E-state index contributed by atoms with van der Waals surface area (Å²) in [5, 5.41) is 0. The summed E-state index contributed by atoms with van der Waals surface area (Å²) in [4.78, 5) is 13.1. The second-order valence-electron chi connectivity index (χ2n) is 4.16. The zero-order valence-corrected chi connectivity index (χ0v) is 9.16. The predicted octanol–water partition coefficient (Wildman–Crippen LogP) is 2.35. The van der Waals surface area contributed by atoms with Crippen molar-refractivity contribution in [2.24, 2.45) is 5.73 Å². The lowest BCUT2D eigenvalue weighted by molar-refractivity contribution is 0.253. The average Bonchev–Trinajstić information content (AvgIpc) is 2.96. The molecule has 80 valence electrons. The molecule has 3 heteroatoms. The number of aryl methyl sites for hydroxylation is 1. The van der Waals surface area contributed by atoms with Gasteiger partial charge in [-0.05, 0) is 43.9 Å². The van der Waals surface area contributed by atoms with E-state index in [-0.39, 0.29) is 6.03 Å². The molecule has 1 fully saturated rings. The maximum absolute atomic E-state index is 11.4. The van der Waals surface area contributed by atoms with Crippen molar-refractivity contribution in [1.29, 1.82) is 0 Å². The molecule has 0 bridgehead atoms. The van der Waals surface area contributed by atoms with Crippen molar-refractivity contribution in [2.45, 2.75) is 32.7 Å². The highest BCUT2D eigenvalue weighted by molar-refractivity contribution is 5.92. The van der Waals surface area contributed by atoms with Crippen LogP contribution in [0.2, 0.25) is 0 Å². The van der Waals surface area contributed by atoms with Gasteiger partial charge in [0.2, 0.25) is 0 Å². The minimum Gasteiger partial charge on any atom is -0.351 e. The van der Waals surface area contributed by atoms with Crippen LogP contribution >= 0.6 is 0 Å². The van der Waals surface area contributed by atoms with Gasteiger partial charge in [0.25, 0.3) is 0 Å². The number of nitrogens with zero attached hydrogens (tertiary/aromatic N) is 1. The topological polar surface area (TPSA) is 46.3 Å². The molecular weight excluding hydrogens is 188 g/mol. The van der Waals surface area contributed by atoms with Crippen molar-refractivity contribution in [3.8, 4) is 0 Å². The number of hydrogen-bond acceptors (Lipinski definition) is 1. The lowest BCUT2D eigenvalue weighted by atomic mass is 10.1. The standard InChI is InChI=1S/C12H16N2O/c1-8-4-3-5-11(9(8)2)14(12(13)15)10-6-7-10/h3-5,10H,6-7H2,1-2H3,(H2,13,15). The number of amides is 2. The minimum absolute atomic E-state index is 0.322. The molecule has 3 nitrogen and oxygen atoms in total. The Morgan fingerprint density at radius 3 is 2.60 bits per heavy atom. The third kappa shape index (κ3) is 1.82. The Labute approximate surface area is 89.9 Å².